The van der Waals surface area contributed by atoms with E-state index < -0.39 is 0 Å². The zero-order valence-corrected chi connectivity index (χ0v) is 14.3. The van der Waals surface area contributed by atoms with Crippen LogP contribution in [0.15, 0.2) is 6.07 Å². The third kappa shape index (κ3) is 3.93. The molecule has 1 aromatic heterocycles. The summed E-state index contributed by atoms with van der Waals surface area (Å²) in [5.74, 6) is 0.321. The van der Waals surface area contributed by atoms with Gasteiger partial charge in [-0.3, -0.25) is 9.48 Å². The molecule has 2 aliphatic heterocycles. The number of carbonyl (C=O) groups is 1. The van der Waals surface area contributed by atoms with Crippen molar-refractivity contribution in [2.45, 2.75) is 57.2 Å². The van der Waals surface area contributed by atoms with Crippen LogP contribution in [0.5, 0.6) is 0 Å². The van der Waals surface area contributed by atoms with E-state index in [-0.39, 0.29) is 17.6 Å². The van der Waals surface area contributed by atoms with Gasteiger partial charge >= 0.3 is 0 Å². The lowest BCUT2D eigenvalue weighted by molar-refractivity contribution is -0.0138. The van der Waals surface area contributed by atoms with Gasteiger partial charge in [-0.2, -0.15) is 5.10 Å². The van der Waals surface area contributed by atoms with Gasteiger partial charge in [-0.15, -0.1) is 0 Å². The van der Waals surface area contributed by atoms with Crippen LogP contribution in [0.25, 0.3) is 0 Å². The third-order valence-corrected chi connectivity index (χ3v) is 4.82. The molecule has 128 valence electrons. The Bertz CT molecular complexity index is 561. The van der Waals surface area contributed by atoms with Crippen LogP contribution in [0.3, 0.4) is 0 Å². The molecule has 1 unspecified atom stereocenters. The fraction of sp³-hybridized carbons (Fsp3) is 0.765. The number of carbonyl (C=O) groups excluding carboxylic acids is 1. The van der Waals surface area contributed by atoms with Crippen molar-refractivity contribution in [1.29, 1.82) is 0 Å². The Labute approximate surface area is 137 Å². The second-order valence-corrected chi connectivity index (χ2v) is 7.21. The number of amides is 1. The molecule has 23 heavy (non-hydrogen) atoms. The fourth-order valence-corrected chi connectivity index (χ4v) is 3.41. The van der Waals surface area contributed by atoms with Gasteiger partial charge in [0.1, 0.15) is 5.69 Å². The first kappa shape index (κ1) is 16.5. The standard InChI is InChI=1S/C17H27N3O3/c1-17(2)7-4-13(23-17)11-18-16(21)15-10-14(19-20(15)3)12-5-8-22-9-6-12/h10,12-13H,4-9,11H2,1-3H3,(H,18,21). The maximum absolute atomic E-state index is 12.4. The Morgan fingerprint density at radius 2 is 2.13 bits per heavy atom. The average molecular weight is 321 g/mol. The molecule has 0 spiro atoms. The molecule has 1 amide bonds. The highest BCUT2D eigenvalue weighted by atomic mass is 16.5. The lowest BCUT2D eigenvalue weighted by Gasteiger charge is -2.19. The molecule has 0 aromatic carbocycles. The lowest BCUT2D eigenvalue weighted by Crippen LogP contribution is -2.34. The number of hydrogen-bond acceptors (Lipinski definition) is 4. The second kappa shape index (κ2) is 6.61. The van der Waals surface area contributed by atoms with Crippen LogP contribution in [0.1, 0.15) is 61.6 Å². The number of aryl methyl sites for hydroxylation is 1. The SMILES string of the molecule is Cn1nc(C2CCOCC2)cc1C(=O)NCC1CCC(C)(C)O1. The maximum Gasteiger partial charge on any atom is 0.269 e. The van der Waals surface area contributed by atoms with Crippen molar-refractivity contribution >= 4 is 5.91 Å². The van der Waals surface area contributed by atoms with E-state index in [2.05, 4.69) is 24.3 Å². The number of nitrogens with one attached hydrogen (secondary N) is 1. The van der Waals surface area contributed by atoms with Gasteiger partial charge in [0.25, 0.3) is 5.91 Å². The predicted octanol–water partition coefficient (Wildman–Crippen LogP) is 2.00. The summed E-state index contributed by atoms with van der Waals surface area (Å²) in [4.78, 5) is 12.4. The van der Waals surface area contributed by atoms with Gasteiger partial charge in [-0.05, 0) is 45.6 Å². The smallest absolute Gasteiger partial charge is 0.269 e. The summed E-state index contributed by atoms with van der Waals surface area (Å²) in [6.45, 7) is 6.29. The summed E-state index contributed by atoms with van der Waals surface area (Å²) >= 11 is 0. The minimum atomic E-state index is -0.0772. The zero-order valence-electron chi connectivity index (χ0n) is 14.3. The first-order valence-electron chi connectivity index (χ1n) is 8.52. The van der Waals surface area contributed by atoms with Gasteiger partial charge in [0.05, 0.1) is 17.4 Å². The maximum atomic E-state index is 12.4. The van der Waals surface area contributed by atoms with Gasteiger partial charge in [-0.1, -0.05) is 0 Å². The molecule has 2 fully saturated rings. The molecule has 1 aromatic rings. The highest BCUT2D eigenvalue weighted by Gasteiger charge is 2.32. The van der Waals surface area contributed by atoms with Gasteiger partial charge in [0, 0.05) is 32.7 Å². The molecule has 6 heteroatoms. The quantitative estimate of drug-likeness (QED) is 0.921. The van der Waals surface area contributed by atoms with Gasteiger partial charge in [-0.25, -0.2) is 0 Å². The normalized spacial score (nSPS) is 24.7. The van der Waals surface area contributed by atoms with E-state index in [1.165, 1.54) is 0 Å². The molecular weight excluding hydrogens is 294 g/mol. The number of ether oxygens (including phenoxy) is 2. The van der Waals surface area contributed by atoms with Crippen molar-refractivity contribution in [2.24, 2.45) is 7.05 Å². The van der Waals surface area contributed by atoms with Gasteiger partial charge in [0.15, 0.2) is 0 Å². The summed E-state index contributed by atoms with van der Waals surface area (Å²) in [5.41, 5.74) is 1.54. The molecule has 1 atom stereocenters. The van der Waals surface area contributed by atoms with Crippen LogP contribution in [-0.4, -0.2) is 47.2 Å². The summed E-state index contributed by atoms with van der Waals surface area (Å²) in [6.07, 6.45) is 4.09. The Hall–Kier alpha value is -1.40. The van der Waals surface area contributed by atoms with Crippen LogP contribution < -0.4 is 5.32 Å². The van der Waals surface area contributed by atoms with Crippen molar-refractivity contribution < 1.29 is 14.3 Å². The molecular formula is C17H27N3O3. The molecule has 6 nitrogen and oxygen atoms in total. The summed E-state index contributed by atoms with van der Waals surface area (Å²) in [6, 6.07) is 1.92. The first-order chi connectivity index (χ1) is 10.9. The van der Waals surface area contributed by atoms with Crippen LogP contribution >= 0.6 is 0 Å². The highest BCUT2D eigenvalue weighted by molar-refractivity contribution is 5.92. The number of nitrogens with zero attached hydrogens (tertiary/aromatic N) is 2. The molecule has 1 N–H and O–H groups in total. The van der Waals surface area contributed by atoms with E-state index in [9.17, 15) is 4.79 Å². The predicted molar refractivity (Wildman–Crippen MR) is 86.5 cm³/mol. The summed E-state index contributed by atoms with van der Waals surface area (Å²) in [7, 11) is 1.83. The van der Waals surface area contributed by atoms with Crippen LogP contribution in [0.4, 0.5) is 0 Å². The van der Waals surface area contributed by atoms with Crippen LogP contribution in [0.2, 0.25) is 0 Å². The van der Waals surface area contributed by atoms with Crippen molar-refractivity contribution in [2.75, 3.05) is 19.8 Å². The molecule has 2 aliphatic rings. The molecule has 0 saturated carbocycles. The number of rotatable bonds is 4. The van der Waals surface area contributed by atoms with E-state index in [1.54, 1.807) is 4.68 Å². The van der Waals surface area contributed by atoms with E-state index in [4.69, 9.17) is 9.47 Å². The fourth-order valence-electron chi connectivity index (χ4n) is 3.41. The summed E-state index contributed by atoms with van der Waals surface area (Å²) in [5, 5.41) is 7.51. The second-order valence-electron chi connectivity index (χ2n) is 7.21. The Kier molecular flexibility index (Phi) is 4.73. The van der Waals surface area contributed by atoms with Crippen LogP contribution in [-0.2, 0) is 16.5 Å². The highest BCUT2D eigenvalue weighted by Crippen LogP contribution is 2.29. The van der Waals surface area contributed by atoms with Gasteiger partial charge < -0.3 is 14.8 Å². The topological polar surface area (TPSA) is 65.4 Å². The third-order valence-electron chi connectivity index (χ3n) is 4.82. The van der Waals surface area contributed by atoms with Crippen molar-refractivity contribution in [1.82, 2.24) is 15.1 Å². The number of hydrogen-bond donors (Lipinski definition) is 1. The van der Waals surface area contributed by atoms with E-state index in [0.717, 1.165) is 44.6 Å². The molecule has 0 radical (unpaired) electrons. The number of aromatic nitrogens is 2. The average Bonchev–Trinajstić information content (AvgIpc) is 3.08. The molecule has 2 saturated heterocycles. The van der Waals surface area contributed by atoms with E-state index >= 15 is 0 Å². The zero-order chi connectivity index (χ0) is 16.4. The Morgan fingerprint density at radius 3 is 2.78 bits per heavy atom. The van der Waals surface area contributed by atoms with Crippen molar-refractivity contribution in [3.05, 3.63) is 17.5 Å². The van der Waals surface area contributed by atoms with E-state index in [1.807, 2.05) is 13.1 Å². The van der Waals surface area contributed by atoms with Gasteiger partial charge in [0.2, 0.25) is 0 Å². The van der Waals surface area contributed by atoms with Crippen LogP contribution in [0, 0.1) is 0 Å². The largest absolute Gasteiger partial charge is 0.381 e. The molecule has 3 rings (SSSR count). The van der Waals surface area contributed by atoms with Crippen molar-refractivity contribution in [3.8, 4) is 0 Å². The Morgan fingerprint density at radius 1 is 1.39 bits per heavy atom. The monoisotopic (exact) mass is 321 g/mol. The Balaban J connectivity index is 1.58. The lowest BCUT2D eigenvalue weighted by atomic mass is 9.96. The van der Waals surface area contributed by atoms with Crippen molar-refractivity contribution in [3.63, 3.8) is 0 Å². The molecule has 0 bridgehead atoms. The summed E-state index contributed by atoms with van der Waals surface area (Å²) < 4.78 is 13.0. The minimum absolute atomic E-state index is 0.0713. The molecule has 3 heterocycles. The first-order valence-corrected chi connectivity index (χ1v) is 8.52. The molecule has 0 aliphatic carbocycles. The minimum Gasteiger partial charge on any atom is -0.381 e. The van der Waals surface area contributed by atoms with E-state index in [0.29, 0.717) is 18.2 Å².